The molecule has 1 saturated carbocycles. The second-order valence-corrected chi connectivity index (χ2v) is 10.6. The van der Waals surface area contributed by atoms with Gasteiger partial charge < -0.3 is 9.84 Å². The third kappa shape index (κ3) is 3.74. The van der Waals surface area contributed by atoms with Gasteiger partial charge in [-0.05, 0) is 50.7 Å². The number of amides is 1. The number of sulfonamides is 1. The third-order valence-electron chi connectivity index (χ3n) is 6.23. The van der Waals surface area contributed by atoms with Gasteiger partial charge in [-0.3, -0.25) is 4.79 Å². The molecule has 10 heteroatoms. The second-order valence-electron chi connectivity index (χ2n) is 8.42. The Morgan fingerprint density at radius 3 is 2.53 bits per heavy atom. The molecule has 3 aliphatic rings. The van der Waals surface area contributed by atoms with Crippen molar-refractivity contribution in [3.63, 3.8) is 0 Å². The van der Waals surface area contributed by atoms with Crippen molar-refractivity contribution >= 4 is 27.5 Å². The third-order valence-corrected chi connectivity index (χ3v) is 8.37. The first-order valence-electron chi connectivity index (χ1n) is 10.3. The number of pyridine rings is 1. The molecule has 5 rings (SSSR count). The number of carbonyl (C=O) groups excluding carboxylic acids is 1. The van der Waals surface area contributed by atoms with E-state index in [-0.39, 0.29) is 29.1 Å². The Morgan fingerprint density at radius 2 is 1.90 bits per heavy atom. The number of piperidine rings is 2. The molecule has 0 radical (unpaired) electrons. The summed E-state index contributed by atoms with van der Waals surface area (Å²) >= 11 is 5.86. The van der Waals surface area contributed by atoms with Gasteiger partial charge in [-0.15, -0.1) is 0 Å². The lowest BCUT2D eigenvalue weighted by atomic mass is 9.84. The summed E-state index contributed by atoms with van der Waals surface area (Å²) in [5.41, 5.74) is 0.294. The quantitative estimate of drug-likeness (QED) is 0.750. The van der Waals surface area contributed by atoms with Crippen LogP contribution in [0.15, 0.2) is 33.9 Å². The fourth-order valence-corrected chi connectivity index (χ4v) is 6.61. The molecule has 30 heavy (non-hydrogen) atoms. The van der Waals surface area contributed by atoms with E-state index in [1.54, 1.807) is 10.4 Å². The Kier molecular flexibility index (Phi) is 5.07. The number of halogens is 1. The Labute approximate surface area is 180 Å². The van der Waals surface area contributed by atoms with Gasteiger partial charge in [0.05, 0.1) is 5.02 Å². The van der Waals surface area contributed by atoms with Crippen molar-refractivity contribution in [2.75, 3.05) is 0 Å². The van der Waals surface area contributed by atoms with Crippen LogP contribution >= 0.6 is 11.6 Å². The molecule has 2 atom stereocenters. The fraction of sp³-hybridized carbons (Fsp3) is 0.550. The summed E-state index contributed by atoms with van der Waals surface area (Å²) in [4.78, 5) is 16.7. The van der Waals surface area contributed by atoms with Crippen LogP contribution in [-0.2, 0) is 10.0 Å². The van der Waals surface area contributed by atoms with Gasteiger partial charge in [0.2, 0.25) is 0 Å². The first-order chi connectivity index (χ1) is 14.4. The Balaban J connectivity index is 1.30. The number of aromatic nitrogens is 2. The Hall–Kier alpha value is -1.97. The molecule has 2 aliphatic heterocycles. The van der Waals surface area contributed by atoms with E-state index in [0.29, 0.717) is 29.5 Å². The summed E-state index contributed by atoms with van der Waals surface area (Å²) in [6.07, 6.45) is 7.17. The largest absolute Gasteiger partial charge is 0.360 e. The van der Waals surface area contributed by atoms with Gasteiger partial charge in [-0.1, -0.05) is 23.2 Å². The lowest BCUT2D eigenvalue weighted by Gasteiger charge is -2.47. The molecule has 0 spiro atoms. The summed E-state index contributed by atoms with van der Waals surface area (Å²) in [5.74, 6) is 0.908. The molecule has 1 N–H and O–H groups in total. The maximum absolute atomic E-state index is 13.2. The van der Waals surface area contributed by atoms with Gasteiger partial charge in [0.25, 0.3) is 15.9 Å². The number of hydrogen-bond acceptors (Lipinski definition) is 6. The fourth-order valence-electron chi connectivity index (χ4n) is 4.69. The SMILES string of the molecule is O=C(NC1C[C@H]2CCC[C@H](C1)N2S(=O)(=O)c1ccc(Cl)cn1)c1cc(C2CC2)on1. The van der Waals surface area contributed by atoms with Crippen LogP contribution in [0.2, 0.25) is 5.02 Å². The van der Waals surface area contributed by atoms with Gasteiger partial charge >= 0.3 is 0 Å². The zero-order valence-electron chi connectivity index (χ0n) is 16.3. The van der Waals surface area contributed by atoms with Crippen molar-refractivity contribution in [3.8, 4) is 0 Å². The smallest absolute Gasteiger partial charge is 0.273 e. The first kappa shape index (κ1) is 20.0. The normalized spacial score (nSPS) is 27.0. The number of nitrogens with zero attached hydrogens (tertiary/aromatic N) is 3. The Bertz CT molecular complexity index is 1040. The number of fused-ring (bicyclic) bond motifs is 2. The minimum atomic E-state index is -3.72. The molecule has 2 aromatic heterocycles. The molecule has 1 amide bonds. The zero-order valence-corrected chi connectivity index (χ0v) is 17.9. The average Bonchev–Trinajstić information content (AvgIpc) is 3.44. The second kappa shape index (κ2) is 7.62. The topological polar surface area (TPSA) is 105 Å². The van der Waals surface area contributed by atoms with Crippen molar-refractivity contribution in [3.05, 3.63) is 40.9 Å². The van der Waals surface area contributed by atoms with Crippen LogP contribution in [0, 0.1) is 0 Å². The van der Waals surface area contributed by atoms with E-state index in [9.17, 15) is 13.2 Å². The maximum Gasteiger partial charge on any atom is 0.273 e. The van der Waals surface area contributed by atoms with Gasteiger partial charge in [-0.2, -0.15) is 4.31 Å². The molecule has 4 heterocycles. The Morgan fingerprint density at radius 1 is 1.17 bits per heavy atom. The lowest BCUT2D eigenvalue weighted by Crippen LogP contribution is -2.58. The highest BCUT2D eigenvalue weighted by Crippen LogP contribution is 2.40. The highest BCUT2D eigenvalue weighted by Gasteiger charge is 2.46. The van der Waals surface area contributed by atoms with E-state index in [0.717, 1.165) is 37.9 Å². The van der Waals surface area contributed by atoms with E-state index in [4.69, 9.17) is 16.1 Å². The van der Waals surface area contributed by atoms with Crippen molar-refractivity contribution in [2.45, 2.75) is 74.0 Å². The van der Waals surface area contributed by atoms with Crippen LogP contribution in [0.25, 0.3) is 0 Å². The first-order valence-corrected chi connectivity index (χ1v) is 12.2. The summed E-state index contributed by atoms with van der Waals surface area (Å²) in [5, 5.41) is 7.36. The van der Waals surface area contributed by atoms with Crippen LogP contribution in [0.3, 0.4) is 0 Å². The number of carbonyl (C=O) groups is 1. The highest BCUT2D eigenvalue weighted by atomic mass is 35.5. The summed E-state index contributed by atoms with van der Waals surface area (Å²) in [6, 6.07) is 4.29. The molecule has 2 bridgehead atoms. The van der Waals surface area contributed by atoms with Crippen molar-refractivity contribution < 1.29 is 17.7 Å². The minimum Gasteiger partial charge on any atom is -0.360 e. The van der Waals surface area contributed by atoms with Crippen LogP contribution in [0.1, 0.15) is 67.1 Å². The molecular formula is C20H23ClN4O4S. The lowest BCUT2D eigenvalue weighted by molar-refractivity contribution is 0.0789. The van der Waals surface area contributed by atoms with E-state index in [1.165, 1.54) is 18.3 Å². The molecule has 8 nitrogen and oxygen atoms in total. The predicted molar refractivity (Wildman–Crippen MR) is 109 cm³/mol. The van der Waals surface area contributed by atoms with Crippen LogP contribution in [0.5, 0.6) is 0 Å². The van der Waals surface area contributed by atoms with E-state index < -0.39 is 10.0 Å². The molecule has 0 unspecified atom stereocenters. The zero-order chi connectivity index (χ0) is 20.9. The van der Waals surface area contributed by atoms with E-state index in [2.05, 4.69) is 15.5 Å². The molecule has 0 aromatic carbocycles. The monoisotopic (exact) mass is 450 g/mol. The molecule has 160 valence electrons. The van der Waals surface area contributed by atoms with E-state index >= 15 is 0 Å². The van der Waals surface area contributed by atoms with Crippen LogP contribution < -0.4 is 5.32 Å². The van der Waals surface area contributed by atoms with Crippen LogP contribution in [-0.4, -0.2) is 46.9 Å². The van der Waals surface area contributed by atoms with Gasteiger partial charge in [0, 0.05) is 36.3 Å². The summed E-state index contributed by atoms with van der Waals surface area (Å²) in [6.45, 7) is 0. The molecular weight excluding hydrogens is 428 g/mol. The minimum absolute atomic E-state index is 0.0153. The average molecular weight is 451 g/mol. The van der Waals surface area contributed by atoms with Gasteiger partial charge in [0.15, 0.2) is 10.7 Å². The van der Waals surface area contributed by atoms with Gasteiger partial charge in [0.1, 0.15) is 5.76 Å². The van der Waals surface area contributed by atoms with Gasteiger partial charge in [-0.25, -0.2) is 13.4 Å². The molecule has 2 saturated heterocycles. The number of rotatable bonds is 5. The summed E-state index contributed by atoms with van der Waals surface area (Å²) < 4.78 is 33.4. The standard InChI is InChI=1S/C20H23ClN4O4S/c21-13-6-7-19(22-11-13)30(27,28)25-15-2-1-3-16(25)9-14(8-15)23-20(26)17-10-18(29-24-17)12-4-5-12/h6-7,10-12,14-16H,1-5,8-9H2,(H,23,26)/t15-,16-/m1/s1. The highest BCUT2D eigenvalue weighted by molar-refractivity contribution is 7.89. The summed E-state index contributed by atoms with van der Waals surface area (Å²) in [7, 11) is -3.72. The predicted octanol–water partition coefficient (Wildman–Crippen LogP) is 3.10. The molecule has 1 aliphatic carbocycles. The van der Waals surface area contributed by atoms with Crippen LogP contribution in [0.4, 0.5) is 0 Å². The number of hydrogen-bond donors (Lipinski definition) is 1. The van der Waals surface area contributed by atoms with Crippen molar-refractivity contribution in [2.24, 2.45) is 0 Å². The van der Waals surface area contributed by atoms with E-state index in [1.807, 2.05) is 0 Å². The maximum atomic E-state index is 13.2. The van der Waals surface area contributed by atoms with Crippen molar-refractivity contribution in [1.29, 1.82) is 0 Å². The molecule has 2 aromatic rings. The van der Waals surface area contributed by atoms with Crippen molar-refractivity contribution in [1.82, 2.24) is 19.8 Å². The number of nitrogens with one attached hydrogen (secondary N) is 1. The molecule has 3 fully saturated rings.